The molecule has 2 N–H and O–H groups in total. The molecule has 64 heavy (non-hydrogen) atoms. The molecule has 14 nitrogen and oxygen atoms in total. The number of aliphatic hydroxyl groups excluding tert-OH is 2. The van der Waals surface area contributed by atoms with Crippen molar-refractivity contribution < 1.29 is 47.2 Å². The van der Waals surface area contributed by atoms with Gasteiger partial charge in [0.15, 0.2) is 0 Å². The third-order valence-corrected chi connectivity index (χ3v) is 15.4. The molecule has 326 valence electrons. The Morgan fingerprint density at radius 1 is 0.656 bits per heavy atom. The molecule has 0 spiro atoms. The molecular formula is C46H44B2N4O10S2. The van der Waals surface area contributed by atoms with Gasteiger partial charge < -0.3 is 28.1 Å². The van der Waals surface area contributed by atoms with Crippen LogP contribution in [0.25, 0.3) is 21.5 Å². The van der Waals surface area contributed by atoms with E-state index in [1.165, 1.54) is 9.80 Å². The van der Waals surface area contributed by atoms with E-state index in [1.807, 2.05) is 38.1 Å². The van der Waals surface area contributed by atoms with Crippen molar-refractivity contribution in [2.75, 3.05) is 23.0 Å². The van der Waals surface area contributed by atoms with Gasteiger partial charge in [-0.15, -0.1) is 0 Å². The summed E-state index contributed by atoms with van der Waals surface area (Å²) in [7, 11) is 2.13. The zero-order valence-electron chi connectivity index (χ0n) is 37.0. The zero-order chi connectivity index (χ0) is 46.8. The topological polar surface area (TPSA) is 200 Å². The number of amides is 4. The molecule has 4 aromatic rings. The number of ether oxygens (including phenoxy) is 2. The summed E-state index contributed by atoms with van der Waals surface area (Å²) in [5.41, 5.74) is -2.43. The Kier molecular flexibility index (Phi) is 10.9. The number of nitriles is 2. The number of imide groups is 2. The Bertz CT molecular complexity index is 2570. The van der Waals surface area contributed by atoms with Crippen molar-refractivity contribution in [3.05, 3.63) is 83.9 Å². The summed E-state index contributed by atoms with van der Waals surface area (Å²) in [5, 5.41) is 43.5. The van der Waals surface area contributed by atoms with E-state index >= 15 is 0 Å². The smallest absolute Gasteiger partial charge is 0.240 e. The van der Waals surface area contributed by atoms with Crippen molar-refractivity contribution in [1.82, 2.24) is 0 Å². The maximum atomic E-state index is 13.8. The summed E-state index contributed by atoms with van der Waals surface area (Å²) in [5.74, 6) is -4.47. The van der Waals surface area contributed by atoms with E-state index in [9.17, 15) is 39.9 Å². The number of aliphatic hydroxyl groups is 2. The lowest BCUT2D eigenvalue weighted by atomic mass is 9.64. The van der Waals surface area contributed by atoms with Crippen LogP contribution < -0.4 is 9.80 Å². The number of carbonyl (C=O) groups is 4. The van der Waals surface area contributed by atoms with E-state index in [-0.39, 0.29) is 49.7 Å². The second kappa shape index (κ2) is 16.6. The lowest BCUT2D eigenvalue weighted by Gasteiger charge is -2.34. The third-order valence-electron chi connectivity index (χ3n) is 14.8. The van der Waals surface area contributed by atoms with Gasteiger partial charge in [0.05, 0.1) is 94.9 Å². The lowest BCUT2D eigenvalue weighted by Crippen LogP contribution is -2.51. The molecule has 18 heteroatoms. The molecule has 4 bridgehead atoms. The molecule has 10 rings (SSSR count). The Balaban J connectivity index is 0.000000166. The molecule has 6 heterocycles. The molecule has 4 amide bonds. The van der Waals surface area contributed by atoms with Crippen LogP contribution >= 0.6 is 23.8 Å². The van der Waals surface area contributed by atoms with Gasteiger partial charge in [0.25, 0.3) is 0 Å². The Hall–Kier alpha value is -4.75. The van der Waals surface area contributed by atoms with E-state index in [4.69, 9.17) is 20.5 Å². The summed E-state index contributed by atoms with van der Waals surface area (Å²) < 4.78 is 37.7. The predicted molar refractivity (Wildman–Crippen MR) is 242 cm³/mol. The highest BCUT2D eigenvalue weighted by Crippen LogP contribution is 2.65. The quantitative estimate of drug-likeness (QED) is 0.0761. The van der Waals surface area contributed by atoms with Gasteiger partial charge in [-0.25, -0.2) is 9.80 Å². The van der Waals surface area contributed by atoms with Crippen molar-refractivity contribution in [3.63, 3.8) is 0 Å². The Labute approximate surface area is 383 Å². The monoisotopic (exact) mass is 902 g/mol. The van der Waals surface area contributed by atoms with E-state index in [2.05, 4.69) is 12.1 Å². The molecule has 4 aromatic carbocycles. The standard InChI is InChI=1S/2C23H22BN2O5S/c2*1-2-23-17(27)11-22(31-23,9-10-30-32-24)18-19(23)21(29)26(20(18)28)16-8-7-13(12-25)14-5-3-4-6-15(14)16/h2*3-8,17-19,24,27H,2,9-11H2,1H3/t2*17-,18+,19-,22?,23?/m00/s1/i2*24T. The van der Waals surface area contributed by atoms with Crippen LogP contribution in [0, 0.1) is 46.3 Å². The second-order valence-corrected chi connectivity index (χ2v) is 18.1. The number of fused-ring (bicyclic) bond motifs is 12. The maximum absolute atomic E-state index is 13.8. The molecule has 2 radical (unpaired) electrons. The molecule has 6 aliphatic rings. The van der Waals surface area contributed by atoms with Crippen LogP contribution in [-0.2, 0) is 37.0 Å². The first-order valence-corrected chi connectivity index (χ1v) is 22.8. The van der Waals surface area contributed by atoms with Crippen LogP contribution in [0.3, 0.4) is 0 Å². The number of nitrogens with zero attached hydrogens (tertiary/aromatic N) is 4. The van der Waals surface area contributed by atoms with Gasteiger partial charge in [0.2, 0.25) is 37.8 Å². The lowest BCUT2D eigenvalue weighted by molar-refractivity contribution is -0.138. The zero-order valence-corrected chi connectivity index (χ0v) is 36.6. The minimum absolute atomic E-state index is 0.219. The van der Waals surface area contributed by atoms with Crippen molar-refractivity contribution in [2.45, 2.75) is 87.0 Å². The van der Waals surface area contributed by atoms with E-state index in [0.29, 0.717) is 69.7 Å². The average Bonchev–Trinajstić information content (AvgIpc) is 4.12. The molecule has 6 saturated heterocycles. The van der Waals surface area contributed by atoms with Gasteiger partial charge >= 0.3 is 0 Å². The van der Waals surface area contributed by atoms with Gasteiger partial charge in [-0.3, -0.25) is 19.2 Å². The van der Waals surface area contributed by atoms with Crippen LogP contribution in [0.1, 0.15) is 63.5 Å². The molecule has 4 unspecified atom stereocenters. The molecule has 6 aliphatic heterocycles. The first-order chi connectivity index (χ1) is 31.9. The minimum atomic E-state index is -1.12. The van der Waals surface area contributed by atoms with Crippen LogP contribution in [0.15, 0.2) is 72.8 Å². The van der Waals surface area contributed by atoms with E-state index < -0.39 is 58.3 Å². The van der Waals surface area contributed by atoms with Crippen LogP contribution in [-0.4, -0.2) is 98.5 Å². The van der Waals surface area contributed by atoms with Gasteiger partial charge in [-0.2, -0.15) is 10.5 Å². The molecule has 0 saturated carbocycles. The van der Waals surface area contributed by atoms with Gasteiger partial charge in [-0.05, 0) is 39.8 Å². The Morgan fingerprint density at radius 2 is 1.03 bits per heavy atom. The maximum Gasteiger partial charge on any atom is 0.240 e. The molecular weight excluding hydrogens is 854 g/mol. The normalized spacial score (nSPS) is 33.5. The first kappa shape index (κ1) is 41.9. The highest BCUT2D eigenvalue weighted by molar-refractivity contribution is 8.16. The number of rotatable bonds is 14. The second-order valence-electron chi connectivity index (χ2n) is 17.2. The highest BCUT2D eigenvalue weighted by Gasteiger charge is 2.79. The number of benzene rings is 4. The van der Waals surface area contributed by atoms with Crippen molar-refractivity contribution in [3.8, 4) is 12.1 Å². The summed E-state index contributed by atoms with van der Waals surface area (Å²) in [6.07, 6.45) is 0.219. The van der Waals surface area contributed by atoms with Gasteiger partial charge in [0.1, 0.15) is 11.2 Å². The summed E-state index contributed by atoms with van der Waals surface area (Å²) in [6, 6.07) is 25.3. The van der Waals surface area contributed by atoms with Crippen LogP contribution in [0.4, 0.5) is 11.4 Å². The van der Waals surface area contributed by atoms with Crippen LogP contribution in [0.5, 0.6) is 0 Å². The van der Waals surface area contributed by atoms with E-state index in [1.54, 1.807) is 48.5 Å². The largest absolute Gasteiger partial charge is 0.390 e. The highest BCUT2D eigenvalue weighted by atomic mass is 32.2. The summed E-state index contributed by atoms with van der Waals surface area (Å²) in [4.78, 5) is 57.7. The van der Waals surface area contributed by atoms with E-state index in [0.717, 1.165) is 38.0 Å². The fourth-order valence-corrected chi connectivity index (χ4v) is 12.5. The fraction of sp³-hybridized carbons (Fsp3) is 0.435. The van der Waals surface area contributed by atoms with Crippen molar-refractivity contribution in [2.24, 2.45) is 23.7 Å². The third kappa shape index (κ3) is 6.18. The minimum Gasteiger partial charge on any atom is -0.390 e. The fourth-order valence-electron chi connectivity index (χ4n) is 12.1. The summed E-state index contributed by atoms with van der Waals surface area (Å²) in [6.45, 7) is 4.16. The molecule has 10 atom stereocenters. The molecule has 0 aliphatic carbocycles. The predicted octanol–water partition coefficient (Wildman–Crippen LogP) is 4.74. The number of hydrogen-bond donors (Lipinski definition) is 2. The number of anilines is 2. The van der Waals surface area contributed by atoms with Crippen LogP contribution in [0.2, 0.25) is 0 Å². The number of carbonyl (C=O) groups excluding carboxylic acids is 4. The van der Waals surface area contributed by atoms with Crippen molar-refractivity contribution >= 4 is 94.5 Å². The number of hydrogen-bond acceptors (Lipinski definition) is 14. The van der Waals surface area contributed by atoms with Gasteiger partial charge in [-0.1, -0.05) is 86.2 Å². The Morgan fingerprint density at radius 3 is 1.39 bits per heavy atom. The molecule has 6 fully saturated rings. The first-order valence-electron chi connectivity index (χ1n) is 22.4. The summed E-state index contributed by atoms with van der Waals surface area (Å²) >= 11 is 1.77. The average molecular weight is 903 g/mol. The molecule has 0 aromatic heterocycles. The SMILES string of the molecule is [3H][B]SOCCC12C[C@H](O)C(CC)(O1)[C@@H]1C(=O)N(c3ccc(C#N)c4ccccc34)C(=O)[C@@H]12.[3H][B]SOCCC12C[C@H](O)C(CC)(O1)[C@@H]1C(=O)N(c3ccc(C#N)c4ccccc34)C(=O)[C@@H]12. The van der Waals surface area contributed by atoms with Crippen molar-refractivity contribution in [1.29, 1.82) is 13.2 Å². The van der Waals surface area contributed by atoms with Gasteiger partial charge in [0, 0.05) is 47.2 Å².